The van der Waals surface area contributed by atoms with E-state index in [2.05, 4.69) is 26.6 Å². The third-order valence-electron chi connectivity index (χ3n) is 7.23. The molecule has 1 amide bonds. The van der Waals surface area contributed by atoms with E-state index in [1.54, 1.807) is 12.1 Å². The van der Waals surface area contributed by atoms with Crippen molar-refractivity contribution in [3.8, 4) is 0 Å². The minimum Gasteiger partial charge on any atom is -0.375 e. The topological polar surface area (TPSA) is 137 Å². The van der Waals surface area contributed by atoms with Crippen molar-refractivity contribution in [3.05, 3.63) is 74.4 Å². The van der Waals surface area contributed by atoms with Crippen molar-refractivity contribution < 1.29 is 32.0 Å². The molecule has 13 heteroatoms. The average Bonchev–Trinajstić information content (AvgIpc) is 2.94. The number of rotatable bonds is 15. The second kappa shape index (κ2) is 15.9. The Bertz CT molecular complexity index is 1290. The lowest BCUT2D eigenvalue weighted by molar-refractivity contribution is -0.478. The average molecular weight is 673 g/mol. The van der Waals surface area contributed by atoms with Gasteiger partial charge in [0.1, 0.15) is 12.8 Å². The highest BCUT2D eigenvalue weighted by atomic mass is 79.9. The maximum absolute atomic E-state index is 13.8. The summed E-state index contributed by atoms with van der Waals surface area (Å²) in [7, 11) is -3.84. The van der Waals surface area contributed by atoms with Crippen LogP contribution in [0.1, 0.15) is 46.5 Å². The van der Waals surface area contributed by atoms with Crippen molar-refractivity contribution in [2.45, 2.75) is 81.1 Å². The zero-order valence-corrected chi connectivity index (χ0v) is 26.4. The maximum atomic E-state index is 13.8. The number of sulfone groups is 1. The first-order chi connectivity index (χ1) is 19.9. The first-order valence-electron chi connectivity index (χ1n) is 14.0. The van der Waals surface area contributed by atoms with E-state index in [1.807, 2.05) is 31.2 Å². The number of carbonyl (C=O) groups excluding carboxylic acids is 1. The van der Waals surface area contributed by atoms with Crippen LogP contribution in [-0.4, -0.2) is 68.8 Å². The van der Waals surface area contributed by atoms with Gasteiger partial charge < -0.3 is 20.1 Å². The van der Waals surface area contributed by atoms with E-state index in [9.17, 15) is 27.7 Å². The highest BCUT2D eigenvalue weighted by molar-refractivity contribution is 9.10. The Morgan fingerprint density at radius 2 is 2.00 bits per heavy atom. The fourth-order valence-corrected chi connectivity index (χ4v) is 6.57. The van der Waals surface area contributed by atoms with Crippen LogP contribution in [0.5, 0.6) is 0 Å². The van der Waals surface area contributed by atoms with Gasteiger partial charge in [0.05, 0.1) is 17.6 Å². The molecule has 2 aliphatic rings. The monoisotopic (exact) mass is 671 g/mol. The Hall–Kier alpha value is -2.45. The Kier molecular flexibility index (Phi) is 12.9. The van der Waals surface area contributed by atoms with Crippen LogP contribution in [0.2, 0.25) is 0 Å². The number of hydrogen-bond donors (Lipinski definition) is 2. The molecule has 1 heterocycles. The summed E-state index contributed by atoms with van der Waals surface area (Å²) in [4.78, 5) is 22.1. The van der Waals surface area contributed by atoms with Gasteiger partial charge in [0.25, 0.3) is 0 Å². The molecule has 2 N–H and O–H groups in total. The lowest BCUT2D eigenvalue weighted by Gasteiger charge is -2.38. The van der Waals surface area contributed by atoms with Crippen LogP contribution < -0.4 is 10.6 Å². The fraction of sp³-hybridized carbons (Fsp3) is 0.552. The zero-order valence-electron chi connectivity index (χ0n) is 24.0. The molecule has 1 aliphatic heterocycles. The molecule has 0 saturated carbocycles. The summed E-state index contributed by atoms with van der Waals surface area (Å²) in [6.45, 7) is 3.40. The Labute approximate surface area is 255 Å². The van der Waals surface area contributed by atoms with Gasteiger partial charge in [-0.15, -0.1) is 0 Å². The summed E-state index contributed by atoms with van der Waals surface area (Å²) < 4.78 is 51.8. The number of amides is 1. The molecule has 10 nitrogen and oxygen atoms in total. The van der Waals surface area contributed by atoms with E-state index in [-0.39, 0.29) is 59.4 Å². The number of halogens is 2. The molecule has 1 saturated heterocycles. The van der Waals surface area contributed by atoms with Gasteiger partial charge in [-0.2, -0.15) is 0 Å². The predicted octanol–water partition coefficient (Wildman–Crippen LogP) is 4.64. The highest BCUT2D eigenvalue weighted by Gasteiger charge is 2.32. The van der Waals surface area contributed by atoms with Crippen LogP contribution in [0, 0.1) is 16.0 Å². The number of nitrogens with zero attached hydrogens (tertiary/aromatic N) is 1. The SMILES string of the molecule is CC(=O)NC1=CC2CCC(/C(=C/CC[N+](=O)[O-])CC(C)OCC(CF)OC(C)S(=O)(=O)c3ccc(Br)cc3)NC2C=C1. The van der Waals surface area contributed by atoms with Crippen molar-refractivity contribution in [2.75, 3.05) is 19.8 Å². The van der Waals surface area contributed by atoms with Crippen LogP contribution in [0.25, 0.3) is 0 Å². The zero-order chi connectivity index (χ0) is 30.9. The molecule has 0 spiro atoms. The van der Waals surface area contributed by atoms with Gasteiger partial charge in [-0.25, -0.2) is 12.8 Å². The van der Waals surface area contributed by atoms with E-state index in [4.69, 9.17) is 9.47 Å². The minimum absolute atomic E-state index is 0.0336. The lowest BCUT2D eigenvalue weighted by atomic mass is 9.81. The molecule has 1 aliphatic carbocycles. The number of allylic oxidation sites excluding steroid dienone is 1. The van der Waals surface area contributed by atoms with Crippen LogP contribution in [0.15, 0.2) is 69.2 Å². The number of ether oxygens (including phenoxy) is 2. The van der Waals surface area contributed by atoms with Crippen molar-refractivity contribution >= 4 is 31.7 Å². The first kappa shape index (κ1) is 34.0. The normalized spacial score (nSPS) is 22.9. The molecule has 1 aromatic carbocycles. The Morgan fingerprint density at radius 3 is 2.64 bits per heavy atom. The van der Waals surface area contributed by atoms with Gasteiger partial charge in [-0.3, -0.25) is 14.9 Å². The minimum atomic E-state index is -3.84. The van der Waals surface area contributed by atoms with E-state index in [0.29, 0.717) is 6.42 Å². The van der Waals surface area contributed by atoms with E-state index >= 15 is 0 Å². The van der Waals surface area contributed by atoms with E-state index in [0.717, 1.165) is 28.6 Å². The van der Waals surface area contributed by atoms with Crippen molar-refractivity contribution in [3.63, 3.8) is 0 Å². The molecule has 0 aromatic heterocycles. The molecule has 6 unspecified atom stereocenters. The molecule has 0 radical (unpaired) electrons. The number of piperidine rings is 1. The van der Waals surface area contributed by atoms with Crippen molar-refractivity contribution in [1.29, 1.82) is 0 Å². The molecule has 3 rings (SSSR count). The lowest BCUT2D eigenvalue weighted by Crippen LogP contribution is -2.48. The van der Waals surface area contributed by atoms with Gasteiger partial charge >= 0.3 is 0 Å². The summed E-state index contributed by atoms with van der Waals surface area (Å²) >= 11 is 3.27. The molecule has 232 valence electrons. The second-order valence-electron chi connectivity index (χ2n) is 10.6. The summed E-state index contributed by atoms with van der Waals surface area (Å²) in [6.07, 6.45) is 8.72. The third-order valence-corrected chi connectivity index (χ3v) is 9.67. The smallest absolute Gasteiger partial charge is 0.221 e. The summed E-state index contributed by atoms with van der Waals surface area (Å²) in [5.74, 6) is 0.0806. The third kappa shape index (κ3) is 10.1. The summed E-state index contributed by atoms with van der Waals surface area (Å²) in [5, 5.41) is 17.4. The van der Waals surface area contributed by atoms with Crippen LogP contribution in [0.3, 0.4) is 0 Å². The van der Waals surface area contributed by atoms with Crippen LogP contribution in [0.4, 0.5) is 4.39 Å². The van der Waals surface area contributed by atoms with E-state index < -0.39 is 28.1 Å². The van der Waals surface area contributed by atoms with Crippen LogP contribution >= 0.6 is 15.9 Å². The van der Waals surface area contributed by atoms with E-state index in [1.165, 1.54) is 26.0 Å². The van der Waals surface area contributed by atoms with Crippen molar-refractivity contribution in [2.24, 2.45) is 5.92 Å². The van der Waals surface area contributed by atoms with Gasteiger partial charge in [-0.1, -0.05) is 39.7 Å². The van der Waals surface area contributed by atoms with Crippen molar-refractivity contribution in [1.82, 2.24) is 10.6 Å². The molecule has 1 aromatic rings. The number of nitrogens with one attached hydrogen (secondary N) is 2. The number of nitro groups is 1. The standard InChI is InChI=1S/C29H39BrFN3O7S/c1-19(40-18-26(17-31)41-21(3)42(38,39)27-10-7-24(30)8-11-27)15-22(5-4-14-34(36)37)28-12-6-23-16-25(32-20(2)35)9-13-29(23)33-28/h5,7-11,13,16,19,21,23,26,28-29,33H,4,6,12,14-15,17-18H2,1-3H3,(H,32,35)/b22-5+. The molecular formula is C29H39BrFN3O7S. The molecular weight excluding hydrogens is 633 g/mol. The molecule has 1 fully saturated rings. The molecule has 6 atom stereocenters. The Morgan fingerprint density at radius 1 is 1.29 bits per heavy atom. The number of fused-ring (bicyclic) bond motifs is 1. The largest absolute Gasteiger partial charge is 0.375 e. The number of carbonyl (C=O) groups is 1. The highest BCUT2D eigenvalue weighted by Crippen LogP contribution is 2.31. The van der Waals surface area contributed by atoms with Gasteiger partial charge in [-0.05, 0) is 69.4 Å². The number of benzene rings is 1. The summed E-state index contributed by atoms with van der Waals surface area (Å²) in [6, 6.07) is 6.15. The quantitative estimate of drug-likeness (QED) is 0.156. The second-order valence-corrected chi connectivity index (χ2v) is 13.7. The number of alkyl halides is 1. The molecule has 0 bridgehead atoms. The van der Waals surface area contributed by atoms with Gasteiger partial charge in [0, 0.05) is 40.5 Å². The summed E-state index contributed by atoms with van der Waals surface area (Å²) in [5.41, 5.74) is 0.465. The first-order valence-corrected chi connectivity index (χ1v) is 16.3. The number of hydrogen-bond acceptors (Lipinski definition) is 8. The fourth-order valence-electron chi connectivity index (χ4n) is 5.10. The molecule has 42 heavy (non-hydrogen) atoms. The predicted molar refractivity (Wildman–Crippen MR) is 161 cm³/mol. The van der Waals surface area contributed by atoms with Gasteiger partial charge in [0.2, 0.25) is 22.3 Å². The van der Waals surface area contributed by atoms with Crippen LogP contribution in [-0.2, 0) is 24.1 Å². The van der Waals surface area contributed by atoms with Gasteiger partial charge in [0.15, 0.2) is 5.44 Å². The maximum Gasteiger partial charge on any atom is 0.221 e. The Balaban J connectivity index is 1.59.